The molecule has 0 atom stereocenters. The van der Waals surface area contributed by atoms with Gasteiger partial charge in [0.25, 0.3) is 5.91 Å². The first-order valence-corrected chi connectivity index (χ1v) is 12.9. The third-order valence-corrected chi connectivity index (χ3v) is 6.47. The molecule has 4 N–H and O–H groups in total. The van der Waals surface area contributed by atoms with Gasteiger partial charge in [-0.3, -0.25) is 14.4 Å². The van der Waals surface area contributed by atoms with Crippen molar-refractivity contribution in [3.8, 4) is 0 Å². The normalized spacial score (nSPS) is 13.2. The van der Waals surface area contributed by atoms with Gasteiger partial charge in [0.15, 0.2) is 0 Å². The number of halogens is 3. The number of amides is 3. The molecule has 2 aromatic carbocycles. The lowest BCUT2D eigenvalue weighted by molar-refractivity contribution is -0.137. The monoisotopic (exact) mass is 582 g/mol. The molecule has 42 heavy (non-hydrogen) atoms. The number of carbonyl (C=O) groups is 3. The quantitative estimate of drug-likeness (QED) is 0.283. The average Bonchev–Trinajstić information content (AvgIpc) is 2.99. The van der Waals surface area contributed by atoms with E-state index in [4.69, 9.17) is 0 Å². The highest BCUT2D eigenvalue weighted by Crippen LogP contribution is 2.36. The summed E-state index contributed by atoms with van der Waals surface area (Å²) in [4.78, 5) is 47.5. The zero-order valence-electron chi connectivity index (χ0n) is 22.7. The molecular formula is C28H29F3N8O3. The van der Waals surface area contributed by atoms with Gasteiger partial charge in [0.2, 0.25) is 17.8 Å². The van der Waals surface area contributed by atoms with Crippen LogP contribution in [0.15, 0.2) is 67.4 Å². The first kappa shape index (κ1) is 29.8. The van der Waals surface area contributed by atoms with E-state index < -0.39 is 29.4 Å². The van der Waals surface area contributed by atoms with Crippen LogP contribution < -0.4 is 26.2 Å². The van der Waals surface area contributed by atoms with Crippen LogP contribution in [0.1, 0.15) is 15.9 Å². The van der Waals surface area contributed by atoms with Gasteiger partial charge in [-0.05, 0) is 42.5 Å². The van der Waals surface area contributed by atoms with E-state index in [1.807, 2.05) is 12.1 Å². The number of carbonyl (C=O) groups excluding carboxylic acids is 3. The standard InChI is InChI=1S/C28H29F3N8O3/c1-3-23(40)33-17-24(41)39-14-12-38(13-15-39)19-10-8-18(9-11-19)35-27-34-16-21(28(29,30)31)25(37-27)36-22-7-5-4-6-20(22)26(42)32-2/h3-11,16H,1,12-15,17H2,2H3,(H,32,42)(H,33,40)(H2,34,35,36,37). The third-order valence-electron chi connectivity index (χ3n) is 6.47. The Kier molecular flexibility index (Phi) is 9.25. The molecule has 0 saturated carbocycles. The fourth-order valence-corrected chi connectivity index (χ4v) is 4.24. The molecule has 4 rings (SSSR count). The molecule has 0 spiro atoms. The summed E-state index contributed by atoms with van der Waals surface area (Å²) in [6.07, 6.45) is -2.95. The Morgan fingerprint density at radius 2 is 1.69 bits per heavy atom. The van der Waals surface area contributed by atoms with Crippen LogP contribution in [0.3, 0.4) is 0 Å². The van der Waals surface area contributed by atoms with Gasteiger partial charge in [-0.15, -0.1) is 0 Å². The van der Waals surface area contributed by atoms with Crippen molar-refractivity contribution in [2.75, 3.05) is 55.3 Å². The van der Waals surface area contributed by atoms with Gasteiger partial charge < -0.3 is 31.1 Å². The van der Waals surface area contributed by atoms with Crippen molar-refractivity contribution in [3.05, 3.63) is 78.5 Å². The number of rotatable bonds is 9. The largest absolute Gasteiger partial charge is 0.421 e. The Balaban J connectivity index is 1.44. The van der Waals surface area contributed by atoms with Crippen molar-refractivity contribution in [1.29, 1.82) is 0 Å². The molecule has 0 bridgehead atoms. The highest BCUT2D eigenvalue weighted by atomic mass is 19.4. The van der Waals surface area contributed by atoms with Crippen molar-refractivity contribution in [2.24, 2.45) is 0 Å². The molecule has 14 heteroatoms. The molecule has 0 aliphatic carbocycles. The highest BCUT2D eigenvalue weighted by Gasteiger charge is 2.35. The summed E-state index contributed by atoms with van der Waals surface area (Å²) in [5.74, 6) is -1.64. The second kappa shape index (κ2) is 13.0. The summed E-state index contributed by atoms with van der Waals surface area (Å²) in [7, 11) is 1.42. The lowest BCUT2D eigenvalue weighted by Crippen LogP contribution is -2.51. The van der Waals surface area contributed by atoms with Crippen LogP contribution in [0.2, 0.25) is 0 Å². The van der Waals surface area contributed by atoms with Crippen LogP contribution in [-0.2, 0) is 15.8 Å². The fraction of sp³-hybridized carbons (Fsp3) is 0.250. The topological polar surface area (TPSA) is 132 Å². The maximum atomic E-state index is 13.7. The van der Waals surface area contributed by atoms with Gasteiger partial charge in [0, 0.05) is 50.8 Å². The van der Waals surface area contributed by atoms with Gasteiger partial charge in [-0.25, -0.2) is 4.98 Å². The number of aromatic nitrogens is 2. The van der Waals surface area contributed by atoms with Crippen molar-refractivity contribution in [2.45, 2.75) is 6.18 Å². The van der Waals surface area contributed by atoms with Gasteiger partial charge in [-0.2, -0.15) is 18.2 Å². The lowest BCUT2D eigenvalue weighted by Gasteiger charge is -2.36. The van der Waals surface area contributed by atoms with Crippen LogP contribution in [0.4, 0.5) is 42.0 Å². The minimum atomic E-state index is -4.74. The average molecular weight is 583 g/mol. The number of para-hydroxylation sites is 1. The number of benzene rings is 2. The van der Waals surface area contributed by atoms with Crippen molar-refractivity contribution in [3.63, 3.8) is 0 Å². The SMILES string of the molecule is C=CC(=O)NCC(=O)N1CCN(c2ccc(Nc3ncc(C(F)(F)F)c(Nc4ccccc4C(=O)NC)n3)cc2)CC1. The lowest BCUT2D eigenvalue weighted by atomic mass is 10.1. The fourth-order valence-electron chi connectivity index (χ4n) is 4.24. The third kappa shape index (κ3) is 7.33. The first-order valence-electron chi connectivity index (χ1n) is 12.9. The number of nitrogens with zero attached hydrogens (tertiary/aromatic N) is 4. The number of piperazine rings is 1. The molecule has 0 radical (unpaired) electrons. The van der Waals surface area contributed by atoms with Crippen LogP contribution >= 0.6 is 0 Å². The summed E-state index contributed by atoms with van der Waals surface area (Å²) < 4.78 is 41.2. The molecule has 0 unspecified atom stereocenters. The summed E-state index contributed by atoms with van der Waals surface area (Å²) >= 11 is 0. The van der Waals surface area contributed by atoms with Crippen LogP contribution in [-0.4, -0.2) is 72.4 Å². The van der Waals surface area contributed by atoms with E-state index in [0.29, 0.717) is 38.1 Å². The van der Waals surface area contributed by atoms with Gasteiger partial charge in [0.1, 0.15) is 11.4 Å². The van der Waals surface area contributed by atoms with Gasteiger partial charge in [-0.1, -0.05) is 18.7 Å². The van der Waals surface area contributed by atoms with Crippen LogP contribution in [0, 0.1) is 0 Å². The number of hydrogen-bond donors (Lipinski definition) is 4. The first-order chi connectivity index (χ1) is 20.1. The van der Waals surface area contributed by atoms with Crippen molar-refractivity contribution >= 4 is 46.5 Å². The predicted octanol–water partition coefficient (Wildman–Crippen LogP) is 3.29. The predicted molar refractivity (Wildman–Crippen MR) is 152 cm³/mol. The van der Waals surface area contributed by atoms with E-state index in [-0.39, 0.29) is 29.7 Å². The summed E-state index contributed by atoms with van der Waals surface area (Å²) in [5.41, 5.74) is 0.660. The minimum Gasteiger partial charge on any atom is -0.368 e. The number of hydrogen-bond acceptors (Lipinski definition) is 8. The van der Waals surface area contributed by atoms with Crippen LogP contribution in [0.25, 0.3) is 0 Å². The second-order valence-corrected chi connectivity index (χ2v) is 9.16. The van der Waals surface area contributed by atoms with E-state index in [9.17, 15) is 27.6 Å². The van der Waals surface area contributed by atoms with E-state index in [1.54, 1.807) is 29.2 Å². The Bertz CT molecular complexity index is 1460. The zero-order chi connectivity index (χ0) is 30.3. The minimum absolute atomic E-state index is 0.0775. The van der Waals surface area contributed by atoms with Gasteiger partial charge in [0.05, 0.1) is 17.8 Å². The Morgan fingerprint density at radius 1 is 1.00 bits per heavy atom. The maximum absolute atomic E-state index is 13.7. The smallest absolute Gasteiger partial charge is 0.368 e. The van der Waals surface area contributed by atoms with Crippen LogP contribution in [0.5, 0.6) is 0 Å². The summed E-state index contributed by atoms with van der Waals surface area (Å²) in [6.45, 7) is 5.41. The van der Waals surface area contributed by atoms with Gasteiger partial charge >= 0.3 is 6.18 Å². The molecule has 1 aromatic heterocycles. The van der Waals surface area contributed by atoms with E-state index in [2.05, 4.69) is 42.7 Å². The molecular weight excluding hydrogens is 553 g/mol. The number of alkyl halides is 3. The Morgan fingerprint density at radius 3 is 2.33 bits per heavy atom. The molecule has 220 valence electrons. The van der Waals surface area contributed by atoms with E-state index >= 15 is 0 Å². The molecule has 11 nitrogen and oxygen atoms in total. The molecule has 1 aliphatic rings. The highest BCUT2D eigenvalue weighted by molar-refractivity contribution is 6.00. The molecule has 1 saturated heterocycles. The maximum Gasteiger partial charge on any atom is 0.421 e. The number of anilines is 5. The molecule has 1 fully saturated rings. The van der Waals surface area contributed by atoms with E-state index in [1.165, 1.54) is 19.2 Å². The summed E-state index contributed by atoms with van der Waals surface area (Å²) in [6, 6.07) is 13.3. The number of nitrogens with one attached hydrogen (secondary N) is 4. The molecule has 1 aliphatic heterocycles. The zero-order valence-corrected chi connectivity index (χ0v) is 22.7. The second-order valence-electron chi connectivity index (χ2n) is 9.16. The molecule has 2 heterocycles. The van der Waals surface area contributed by atoms with E-state index in [0.717, 1.165) is 11.8 Å². The Labute approximate surface area is 239 Å². The van der Waals surface area contributed by atoms with Crippen molar-refractivity contribution < 1.29 is 27.6 Å². The molecule has 3 aromatic rings. The van der Waals surface area contributed by atoms with Crippen molar-refractivity contribution in [1.82, 2.24) is 25.5 Å². The molecule has 3 amide bonds. The summed E-state index contributed by atoms with van der Waals surface area (Å²) in [5, 5.41) is 10.5. The Hall–Kier alpha value is -5.14.